The number of amides is 3. The Morgan fingerprint density at radius 1 is 1.09 bits per heavy atom. The minimum Gasteiger partial charge on any atom is -0.354 e. The largest absolute Gasteiger partial charge is 0.354 e. The molecule has 1 aliphatic heterocycles. The number of hydrogen-bond donors (Lipinski definition) is 2. The second kappa shape index (κ2) is 10.5. The van der Waals surface area contributed by atoms with Crippen molar-refractivity contribution in [3.05, 3.63) is 34.9 Å². The zero-order valence-corrected chi connectivity index (χ0v) is 21.2. The molecule has 1 heterocycles. The number of nitrogens with one attached hydrogen (secondary N) is 2. The Morgan fingerprint density at radius 3 is 2.33 bits per heavy atom. The van der Waals surface area contributed by atoms with Crippen molar-refractivity contribution in [3.63, 3.8) is 0 Å². The number of benzene rings is 1. The molecule has 3 amide bonds. The lowest BCUT2D eigenvalue weighted by Crippen LogP contribution is -2.56. The Labute approximate surface area is 202 Å². The molecule has 2 aliphatic rings. The van der Waals surface area contributed by atoms with Gasteiger partial charge < -0.3 is 15.5 Å². The summed E-state index contributed by atoms with van der Waals surface area (Å²) in [5, 5.41) is 6.68. The number of nitrogens with zero attached hydrogens (tertiary/aromatic N) is 1. The first kappa shape index (κ1) is 25.5. The summed E-state index contributed by atoms with van der Waals surface area (Å²) in [4.78, 5) is 39.7. The van der Waals surface area contributed by atoms with Gasteiger partial charge in [-0.1, -0.05) is 51.4 Å². The van der Waals surface area contributed by atoms with E-state index in [9.17, 15) is 14.4 Å². The molecule has 0 spiro atoms. The van der Waals surface area contributed by atoms with Crippen molar-refractivity contribution in [1.82, 2.24) is 15.5 Å². The summed E-state index contributed by atoms with van der Waals surface area (Å²) in [7, 11) is 0. The van der Waals surface area contributed by atoms with E-state index in [0.29, 0.717) is 25.4 Å². The monoisotopic (exact) mass is 475 g/mol. The van der Waals surface area contributed by atoms with Crippen LogP contribution in [0.3, 0.4) is 0 Å². The Kier molecular flexibility index (Phi) is 8.09. The van der Waals surface area contributed by atoms with Gasteiger partial charge in [0.05, 0.1) is 0 Å². The van der Waals surface area contributed by atoms with Gasteiger partial charge in [-0.15, -0.1) is 0 Å². The number of halogens is 1. The minimum atomic E-state index is -0.541. The second-order valence-electron chi connectivity index (χ2n) is 10.8. The summed E-state index contributed by atoms with van der Waals surface area (Å²) in [6, 6.07) is 7.51. The zero-order chi connectivity index (χ0) is 24.3. The molecule has 6 nitrogen and oxygen atoms in total. The van der Waals surface area contributed by atoms with Crippen LogP contribution in [0, 0.1) is 17.3 Å². The summed E-state index contributed by atoms with van der Waals surface area (Å²) in [6.07, 6.45) is 3.03. The first-order valence-electron chi connectivity index (χ1n) is 12.1. The first-order chi connectivity index (χ1) is 15.5. The fourth-order valence-electron chi connectivity index (χ4n) is 5.48. The van der Waals surface area contributed by atoms with Gasteiger partial charge in [-0.3, -0.25) is 14.4 Å². The lowest BCUT2D eigenvalue weighted by Gasteiger charge is -2.46. The Hall–Kier alpha value is -2.08. The number of hydrogen-bond acceptors (Lipinski definition) is 3. The van der Waals surface area contributed by atoms with E-state index < -0.39 is 6.04 Å². The second-order valence-corrected chi connectivity index (χ2v) is 11.2. The highest BCUT2D eigenvalue weighted by Crippen LogP contribution is 2.42. The molecule has 0 radical (unpaired) electrons. The average Bonchev–Trinajstić information content (AvgIpc) is 3.19. The fourth-order valence-corrected chi connectivity index (χ4v) is 5.60. The third-order valence-electron chi connectivity index (χ3n) is 7.25. The first-order valence-corrected chi connectivity index (χ1v) is 12.5. The van der Waals surface area contributed by atoms with Crippen LogP contribution >= 0.6 is 11.6 Å². The standard InChI is InChI=1S/C26H38ClN3O3/c1-16(2)23(29-24(32)19-8-11-21(14-19)28-17(3)31)25(33)30-13-12-22(26(4,5)15-30)18-6-9-20(27)10-7-18/h6-7,9-10,16,19,21-23H,8,11-15H2,1-5H3,(H,28,31)(H,29,32)/t19-,21-,22?,23-/m1/s1. The van der Waals surface area contributed by atoms with E-state index in [1.165, 1.54) is 12.5 Å². The van der Waals surface area contributed by atoms with E-state index >= 15 is 0 Å². The van der Waals surface area contributed by atoms with Crippen LogP contribution in [-0.4, -0.2) is 47.8 Å². The normalized spacial score (nSPS) is 25.5. The molecule has 7 heteroatoms. The van der Waals surface area contributed by atoms with Gasteiger partial charge in [0, 0.05) is 37.0 Å². The van der Waals surface area contributed by atoms with E-state index in [2.05, 4.69) is 36.6 Å². The third-order valence-corrected chi connectivity index (χ3v) is 7.51. The number of rotatable bonds is 6. The van der Waals surface area contributed by atoms with Gasteiger partial charge in [0.25, 0.3) is 0 Å². The van der Waals surface area contributed by atoms with Gasteiger partial charge in [-0.05, 0) is 60.6 Å². The topological polar surface area (TPSA) is 78.5 Å². The van der Waals surface area contributed by atoms with Crippen LogP contribution in [0.25, 0.3) is 0 Å². The molecular formula is C26H38ClN3O3. The molecule has 0 aromatic heterocycles. The van der Waals surface area contributed by atoms with Crippen LogP contribution in [0.1, 0.15) is 71.8 Å². The molecule has 1 saturated carbocycles. The van der Waals surface area contributed by atoms with Crippen LogP contribution in [0.15, 0.2) is 24.3 Å². The van der Waals surface area contributed by atoms with Gasteiger partial charge in [0.15, 0.2) is 0 Å². The van der Waals surface area contributed by atoms with Crippen molar-refractivity contribution in [2.45, 2.75) is 78.3 Å². The van der Waals surface area contributed by atoms with Gasteiger partial charge in [0.2, 0.25) is 17.7 Å². The predicted molar refractivity (Wildman–Crippen MR) is 131 cm³/mol. The smallest absolute Gasteiger partial charge is 0.245 e. The molecule has 4 atom stereocenters. The summed E-state index contributed by atoms with van der Waals surface area (Å²) in [6.45, 7) is 11.2. The van der Waals surface area contributed by atoms with Gasteiger partial charge in [-0.2, -0.15) is 0 Å². The molecule has 0 bridgehead atoms. The molecule has 1 aliphatic carbocycles. The van der Waals surface area contributed by atoms with Crippen molar-refractivity contribution in [1.29, 1.82) is 0 Å². The molecular weight excluding hydrogens is 438 g/mol. The van der Waals surface area contributed by atoms with E-state index in [-0.39, 0.29) is 41.0 Å². The summed E-state index contributed by atoms with van der Waals surface area (Å²) in [5.41, 5.74) is 1.16. The molecule has 3 rings (SSSR count). The van der Waals surface area contributed by atoms with Crippen LogP contribution in [0.2, 0.25) is 5.02 Å². The fraction of sp³-hybridized carbons (Fsp3) is 0.654. The molecule has 1 aromatic rings. The average molecular weight is 476 g/mol. The maximum absolute atomic E-state index is 13.5. The SMILES string of the molecule is CC(=O)N[C@@H]1CC[C@@H](C(=O)N[C@@H](C(=O)N2CCC(c3ccc(Cl)cc3)C(C)(C)C2)C(C)C)C1. The van der Waals surface area contributed by atoms with Crippen LogP contribution in [0.5, 0.6) is 0 Å². The van der Waals surface area contributed by atoms with E-state index in [0.717, 1.165) is 24.3 Å². The number of piperidine rings is 1. The molecule has 1 saturated heterocycles. The predicted octanol–water partition coefficient (Wildman–Crippen LogP) is 4.13. The molecule has 1 unspecified atom stereocenters. The van der Waals surface area contributed by atoms with Crippen LogP contribution in [0.4, 0.5) is 0 Å². The van der Waals surface area contributed by atoms with E-state index in [1.54, 1.807) is 0 Å². The van der Waals surface area contributed by atoms with Crippen molar-refractivity contribution in [3.8, 4) is 0 Å². The Morgan fingerprint density at radius 2 is 1.76 bits per heavy atom. The molecule has 1 aromatic carbocycles. The summed E-state index contributed by atoms with van der Waals surface area (Å²) >= 11 is 6.06. The highest BCUT2D eigenvalue weighted by Gasteiger charge is 2.41. The molecule has 33 heavy (non-hydrogen) atoms. The van der Waals surface area contributed by atoms with Gasteiger partial charge in [-0.25, -0.2) is 0 Å². The number of carbonyl (C=O) groups is 3. The highest BCUT2D eigenvalue weighted by molar-refractivity contribution is 6.30. The molecule has 2 N–H and O–H groups in total. The number of likely N-dealkylation sites (tertiary alicyclic amines) is 1. The van der Waals surface area contributed by atoms with E-state index in [1.807, 2.05) is 30.9 Å². The van der Waals surface area contributed by atoms with Crippen molar-refractivity contribution >= 4 is 29.3 Å². The van der Waals surface area contributed by atoms with Gasteiger partial charge in [0.1, 0.15) is 6.04 Å². The lowest BCUT2D eigenvalue weighted by molar-refractivity contribution is -0.141. The maximum Gasteiger partial charge on any atom is 0.245 e. The van der Waals surface area contributed by atoms with Crippen molar-refractivity contribution in [2.24, 2.45) is 17.3 Å². The Balaban J connectivity index is 1.63. The third kappa shape index (κ3) is 6.28. The van der Waals surface area contributed by atoms with E-state index in [4.69, 9.17) is 11.6 Å². The van der Waals surface area contributed by atoms with Crippen molar-refractivity contribution in [2.75, 3.05) is 13.1 Å². The lowest BCUT2D eigenvalue weighted by atomic mass is 9.70. The Bertz CT molecular complexity index is 868. The molecule has 2 fully saturated rings. The minimum absolute atomic E-state index is 0.00242. The quantitative estimate of drug-likeness (QED) is 0.649. The highest BCUT2D eigenvalue weighted by atomic mass is 35.5. The maximum atomic E-state index is 13.5. The van der Waals surface area contributed by atoms with Crippen molar-refractivity contribution < 1.29 is 14.4 Å². The molecule has 182 valence electrons. The summed E-state index contributed by atoms with van der Waals surface area (Å²) < 4.78 is 0. The van der Waals surface area contributed by atoms with Gasteiger partial charge >= 0.3 is 0 Å². The summed E-state index contributed by atoms with van der Waals surface area (Å²) in [5.74, 6) is 0.0210. The van der Waals surface area contributed by atoms with Crippen LogP contribution in [-0.2, 0) is 14.4 Å². The zero-order valence-electron chi connectivity index (χ0n) is 20.5. The van der Waals surface area contributed by atoms with Crippen LogP contribution < -0.4 is 10.6 Å². The number of carbonyl (C=O) groups excluding carboxylic acids is 3.